The van der Waals surface area contributed by atoms with Crippen molar-refractivity contribution in [2.45, 2.75) is 25.8 Å². The highest BCUT2D eigenvalue weighted by Crippen LogP contribution is 2.31. The molecule has 2 aromatic carbocycles. The average molecular weight is 280 g/mol. The molecule has 2 heteroatoms. The summed E-state index contributed by atoms with van der Waals surface area (Å²) in [5.41, 5.74) is 3.92. The van der Waals surface area contributed by atoms with Gasteiger partial charge in [0, 0.05) is 17.4 Å². The monoisotopic (exact) mass is 280 g/mol. The van der Waals surface area contributed by atoms with Gasteiger partial charge < -0.3 is 9.80 Å². The van der Waals surface area contributed by atoms with Gasteiger partial charge in [0.1, 0.15) is 0 Å². The minimum absolute atomic E-state index is 0.589. The second-order valence-electron chi connectivity index (χ2n) is 6.08. The largest absolute Gasteiger partial charge is 0.338 e. The van der Waals surface area contributed by atoms with Gasteiger partial charge in [-0.3, -0.25) is 0 Å². The topological polar surface area (TPSA) is 6.48 Å². The first-order valence-corrected chi connectivity index (χ1v) is 7.83. The molecule has 0 spiro atoms. The van der Waals surface area contributed by atoms with E-state index in [1.54, 1.807) is 0 Å². The zero-order valence-corrected chi connectivity index (χ0v) is 13.0. The Bertz CT molecular complexity index is 554. The van der Waals surface area contributed by atoms with Crippen LogP contribution in [0.2, 0.25) is 0 Å². The van der Waals surface area contributed by atoms with Crippen molar-refractivity contribution < 1.29 is 0 Å². The number of hydrogen-bond donors (Lipinski definition) is 0. The highest BCUT2D eigenvalue weighted by Gasteiger charge is 2.24. The molecule has 0 bridgehead atoms. The van der Waals surface area contributed by atoms with Crippen molar-refractivity contribution in [2.24, 2.45) is 0 Å². The maximum Gasteiger partial charge on any atom is 0.0413 e. The second kappa shape index (κ2) is 6.31. The summed E-state index contributed by atoms with van der Waals surface area (Å²) in [7, 11) is 2.22. The van der Waals surface area contributed by atoms with Crippen LogP contribution in [0.5, 0.6) is 0 Å². The molecule has 2 aromatic rings. The Hall–Kier alpha value is -1.80. The van der Waals surface area contributed by atoms with E-state index in [4.69, 9.17) is 0 Å². The van der Waals surface area contributed by atoms with E-state index in [9.17, 15) is 0 Å². The van der Waals surface area contributed by atoms with Crippen LogP contribution < -0.4 is 4.90 Å². The van der Waals surface area contributed by atoms with E-state index < -0.39 is 0 Å². The van der Waals surface area contributed by atoms with E-state index in [1.165, 1.54) is 42.9 Å². The van der Waals surface area contributed by atoms with Gasteiger partial charge in [0.15, 0.2) is 0 Å². The van der Waals surface area contributed by atoms with Crippen LogP contribution >= 0.6 is 0 Å². The molecule has 0 aromatic heterocycles. The molecule has 0 amide bonds. The highest BCUT2D eigenvalue weighted by molar-refractivity contribution is 5.64. The molecule has 21 heavy (non-hydrogen) atoms. The molecule has 0 unspecified atom stereocenters. The average Bonchev–Trinajstić information content (AvgIpc) is 2.52. The van der Waals surface area contributed by atoms with Crippen molar-refractivity contribution in [1.82, 2.24) is 4.90 Å². The quantitative estimate of drug-likeness (QED) is 0.830. The zero-order chi connectivity index (χ0) is 14.7. The van der Waals surface area contributed by atoms with Gasteiger partial charge in [-0.2, -0.15) is 0 Å². The maximum atomic E-state index is 2.52. The lowest BCUT2D eigenvalue weighted by Crippen LogP contribution is -2.41. The summed E-state index contributed by atoms with van der Waals surface area (Å²) in [4.78, 5) is 4.95. The van der Waals surface area contributed by atoms with Crippen molar-refractivity contribution in [3.05, 3.63) is 60.2 Å². The normalized spacial score (nSPS) is 16.9. The molecule has 1 aliphatic heterocycles. The van der Waals surface area contributed by atoms with E-state index in [0.717, 1.165) is 0 Å². The summed E-state index contributed by atoms with van der Waals surface area (Å²) in [5.74, 6) is 0. The fraction of sp³-hybridized carbons (Fsp3) is 0.368. The standard InChI is InChI=1S/C19H24N2/c1-16-8-10-18(11-9-16)21(17-6-4-3-5-7-17)19-12-14-20(2)15-13-19/h3-11,19H,12-15H2,1-2H3. The van der Waals surface area contributed by atoms with Gasteiger partial charge in [0.05, 0.1) is 0 Å². The number of rotatable bonds is 3. The molecule has 1 aliphatic rings. The number of aryl methyl sites for hydroxylation is 1. The smallest absolute Gasteiger partial charge is 0.0413 e. The molecule has 0 saturated carbocycles. The molecule has 0 radical (unpaired) electrons. The van der Waals surface area contributed by atoms with Crippen LogP contribution in [0.15, 0.2) is 54.6 Å². The third kappa shape index (κ3) is 3.27. The van der Waals surface area contributed by atoms with Gasteiger partial charge in [-0.15, -0.1) is 0 Å². The summed E-state index contributed by atoms with van der Waals surface area (Å²) >= 11 is 0. The van der Waals surface area contributed by atoms with Crippen molar-refractivity contribution >= 4 is 11.4 Å². The summed E-state index contributed by atoms with van der Waals surface area (Å²) in [6, 6.07) is 20.3. The number of benzene rings is 2. The number of para-hydroxylation sites is 1. The molecular weight excluding hydrogens is 256 g/mol. The number of piperidine rings is 1. The maximum absolute atomic E-state index is 2.52. The lowest BCUT2D eigenvalue weighted by atomic mass is 10.0. The van der Waals surface area contributed by atoms with Gasteiger partial charge >= 0.3 is 0 Å². The van der Waals surface area contributed by atoms with Crippen LogP contribution in [-0.2, 0) is 0 Å². The lowest BCUT2D eigenvalue weighted by Gasteiger charge is -2.39. The van der Waals surface area contributed by atoms with Gasteiger partial charge in [-0.1, -0.05) is 35.9 Å². The van der Waals surface area contributed by atoms with Gasteiger partial charge in [0.2, 0.25) is 0 Å². The minimum atomic E-state index is 0.589. The number of hydrogen-bond acceptors (Lipinski definition) is 2. The van der Waals surface area contributed by atoms with Crippen molar-refractivity contribution in [3.8, 4) is 0 Å². The first-order chi connectivity index (χ1) is 10.2. The fourth-order valence-electron chi connectivity index (χ4n) is 3.12. The SMILES string of the molecule is Cc1ccc(N(c2ccccc2)C2CCN(C)CC2)cc1. The molecule has 1 heterocycles. The first kappa shape index (κ1) is 14.2. The molecule has 2 nitrogen and oxygen atoms in total. The van der Waals surface area contributed by atoms with Crippen LogP contribution in [0.1, 0.15) is 18.4 Å². The number of likely N-dealkylation sites (tertiary alicyclic amines) is 1. The van der Waals surface area contributed by atoms with Crippen LogP contribution in [0.4, 0.5) is 11.4 Å². The molecule has 0 aliphatic carbocycles. The summed E-state index contributed by atoms with van der Waals surface area (Å²) in [6.45, 7) is 4.51. The van der Waals surface area contributed by atoms with E-state index in [1.807, 2.05) is 0 Å². The Labute approximate surface area is 128 Å². The lowest BCUT2D eigenvalue weighted by molar-refractivity contribution is 0.255. The minimum Gasteiger partial charge on any atom is -0.338 e. The van der Waals surface area contributed by atoms with Crippen LogP contribution in [0, 0.1) is 6.92 Å². The molecule has 0 N–H and O–H groups in total. The molecular formula is C19H24N2. The summed E-state index contributed by atoms with van der Waals surface area (Å²) < 4.78 is 0. The number of anilines is 2. The van der Waals surface area contributed by atoms with E-state index in [2.05, 4.69) is 78.4 Å². The molecule has 1 fully saturated rings. The Balaban J connectivity index is 1.93. The molecule has 0 atom stereocenters. The van der Waals surface area contributed by atoms with Crippen LogP contribution in [-0.4, -0.2) is 31.1 Å². The second-order valence-corrected chi connectivity index (χ2v) is 6.08. The predicted octanol–water partition coefficient (Wildman–Crippen LogP) is 4.23. The molecule has 1 saturated heterocycles. The van der Waals surface area contributed by atoms with Crippen molar-refractivity contribution in [1.29, 1.82) is 0 Å². The van der Waals surface area contributed by atoms with Gasteiger partial charge in [-0.25, -0.2) is 0 Å². The fourth-order valence-corrected chi connectivity index (χ4v) is 3.12. The Morgan fingerprint density at radius 1 is 0.857 bits per heavy atom. The molecule has 110 valence electrons. The Kier molecular flexibility index (Phi) is 4.26. The third-order valence-electron chi connectivity index (χ3n) is 4.40. The van der Waals surface area contributed by atoms with Crippen molar-refractivity contribution in [2.75, 3.05) is 25.0 Å². The van der Waals surface area contributed by atoms with E-state index in [0.29, 0.717) is 6.04 Å². The Morgan fingerprint density at radius 3 is 2.05 bits per heavy atom. The van der Waals surface area contributed by atoms with Crippen molar-refractivity contribution in [3.63, 3.8) is 0 Å². The summed E-state index contributed by atoms with van der Waals surface area (Å²) in [5, 5.41) is 0. The number of nitrogens with zero attached hydrogens (tertiary/aromatic N) is 2. The third-order valence-corrected chi connectivity index (χ3v) is 4.40. The predicted molar refractivity (Wildman–Crippen MR) is 90.3 cm³/mol. The highest BCUT2D eigenvalue weighted by atomic mass is 15.2. The van der Waals surface area contributed by atoms with Crippen LogP contribution in [0.25, 0.3) is 0 Å². The summed E-state index contributed by atoms with van der Waals surface area (Å²) in [6.07, 6.45) is 2.44. The zero-order valence-electron chi connectivity index (χ0n) is 13.0. The molecule has 3 rings (SSSR count). The van der Waals surface area contributed by atoms with Gasteiger partial charge in [0.25, 0.3) is 0 Å². The van der Waals surface area contributed by atoms with E-state index >= 15 is 0 Å². The first-order valence-electron chi connectivity index (χ1n) is 7.83. The van der Waals surface area contributed by atoms with Gasteiger partial charge in [-0.05, 0) is 64.2 Å². The Morgan fingerprint density at radius 2 is 1.43 bits per heavy atom. The van der Waals surface area contributed by atoms with Crippen LogP contribution in [0.3, 0.4) is 0 Å². The van der Waals surface area contributed by atoms with E-state index in [-0.39, 0.29) is 0 Å².